The third-order valence-corrected chi connectivity index (χ3v) is 2.56. The smallest absolute Gasteiger partial charge is 0.250 e. The van der Waals surface area contributed by atoms with Crippen molar-refractivity contribution < 1.29 is 14.3 Å². The highest BCUT2D eigenvalue weighted by atomic mass is 16.5. The van der Waals surface area contributed by atoms with Crippen molar-refractivity contribution in [2.75, 3.05) is 7.11 Å². The maximum atomic E-state index is 11.1. The molecule has 0 aromatic heterocycles. The highest BCUT2D eigenvalue weighted by Crippen LogP contribution is 2.29. The summed E-state index contributed by atoms with van der Waals surface area (Å²) in [7, 11) is 1.42. The van der Waals surface area contributed by atoms with Crippen LogP contribution in [0.3, 0.4) is 0 Å². The van der Waals surface area contributed by atoms with Gasteiger partial charge in [-0.25, -0.2) is 0 Å². The van der Waals surface area contributed by atoms with E-state index in [2.05, 4.69) is 0 Å². The molecule has 0 saturated carbocycles. The van der Waals surface area contributed by atoms with Gasteiger partial charge in [-0.15, -0.1) is 0 Å². The number of rotatable bonds is 3. The molecular weight excluding hydrogens is 170 g/mol. The Morgan fingerprint density at radius 1 is 1.77 bits per heavy atom. The SMILES string of the molecule is COC(C)(C(N)=O)C1C=CC(=O)C1. The molecule has 0 aromatic carbocycles. The summed E-state index contributed by atoms with van der Waals surface area (Å²) in [5.74, 6) is -0.767. The molecule has 0 spiro atoms. The Morgan fingerprint density at radius 2 is 2.38 bits per heavy atom. The van der Waals surface area contributed by atoms with Crippen LogP contribution >= 0.6 is 0 Å². The van der Waals surface area contributed by atoms with Crippen LogP contribution in [-0.4, -0.2) is 24.4 Å². The summed E-state index contributed by atoms with van der Waals surface area (Å²) in [5, 5.41) is 0. The summed E-state index contributed by atoms with van der Waals surface area (Å²) in [6, 6.07) is 0. The topological polar surface area (TPSA) is 69.4 Å². The zero-order valence-electron chi connectivity index (χ0n) is 7.74. The lowest BCUT2D eigenvalue weighted by atomic mass is 9.87. The molecule has 1 amide bonds. The van der Waals surface area contributed by atoms with Crippen LogP contribution in [0.1, 0.15) is 13.3 Å². The number of ketones is 1. The summed E-state index contributed by atoms with van der Waals surface area (Å²) in [5.41, 5.74) is 4.13. The minimum Gasteiger partial charge on any atom is -0.368 e. The maximum Gasteiger partial charge on any atom is 0.250 e. The Labute approximate surface area is 76.7 Å². The van der Waals surface area contributed by atoms with Crippen LogP contribution in [0, 0.1) is 5.92 Å². The van der Waals surface area contributed by atoms with Crippen LogP contribution in [0.5, 0.6) is 0 Å². The van der Waals surface area contributed by atoms with Crippen molar-refractivity contribution in [1.29, 1.82) is 0 Å². The average Bonchev–Trinajstić information content (AvgIpc) is 2.50. The van der Waals surface area contributed by atoms with E-state index in [1.165, 1.54) is 13.2 Å². The van der Waals surface area contributed by atoms with Gasteiger partial charge in [0, 0.05) is 19.4 Å². The average molecular weight is 183 g/mol. The second-order valence-electron chi connectivity index (χ2n) is 3.31. The van der Waals surface area contributed by atoms with Gasteiger partial charge in [-0.05, 0) is 13.0 Å². The van der Waals surface area contributed by atoms with Crippen molar-refractivity contribution >= 4 is 11.7 Å². The number of carbonyl (C=O) groups excluding carboxylic acids is 2. The molecular formula is C9H13NO3. The van der Waals surface area contributed by atoms with Crippen LogP contribution in [0.25, 0.3) is 0 Å². The number of carbonyl (C=O) groups is 2. The molecule has 72 valence electrons. The van der Waals surface area contributed by atoms with Crippen LogP contribution in [0.15, 0.2) is 12.2 Å². The van der Waals surface area contributed by atoms with E-state index >= 15 is 0 Å². The van der Waals surface area contributed by atoms with E-state index in [1.54, 1.807) is 13.0 Å². The number of hydrogen-bond donors (Lipinski definition) is 1. The van der Waals surface area contributed by atoms with Crippen molar-refractivity contribution in [3.63, 3.8) is 0 Å². The molecule has 1 rings (SSSR count). The molecule has 1 aliphatic rings. The van der Waals surface area contributed by atoms with Gasteiger partial charge in [0.25, 0.3) is 0 Å². The molecule has 0 fully saturated rings. The molecule has 0 heterocycles. The molecule has 2 N–H and O–H groups in total. The van der Waals surface area contributed by atoms with Gasteiger partial charge in [-0.3, -0.25) is 9.59 Å². The Hall–Kier alpha value is -1.16. The van der Waals surface area contributed by atoms with E-state index in [0.29, 0.717) is 6.42 Å². The Bertz CT molecular complexity index is 272. The minimum atomic E-state index is -1.07. The van der Waals surface area contributed by atoms with Crippen LogP contribution in [0.4, 0.5) is 0 Å². The molecule has 4 heteroatoms. The first-order valence-electron chi connectivity index (χ1n) is 4.07. The second-order valence-corrected chi connectivity index (χ2v) is 3.31. The molecule has 13 heavy (non-hydrogen) atoms. The lowest BCUT2D eigenvalue weighted by Gasteiger charge is -2.29. The Balaban J connectivity index is 2.85. The third-order valence-electron chi connectivity index (χ3n) is 2.56. The van der Waals surface area contributed by atoms with Gasteiger partial charge in [0.1, 0.15) is 5.60 Å². The summed E-state index contributed by atoms with van der Waals surface area (Å²) < 4.78 is 5.05. The summed E-state index contributed by atoms with van der Waals surface area (Å²) in [4.78, 5) is 22.0. The van der Waals surface area contributed by atoms with E-state index in [9.17, 15) is 9.59 Å². The highest BCUT2D eigenvalue weighted by Gasteiger charge is 2.41. The van der Waals surface area contributed by atoms with Crippen LogP contribution in [0.2, 0.25) is 0 Å². The molecule has 1 aliphatic carbocycles. The third kappa shape index (κ3) is 1.62. The van der Waals surface area contributed by atoms with Crippen molar-refractivity contribution in [2.24, 2.45) is 11.7 Å². The summed E-state index contributed by atoms with van der Waals surface area (Å²) in [6.45, 7) is 1.60. The highest BCUT2D eigenvalue weighted by molar-refractivity contribution is 5.94. The first-order chi connectivity index (χ1) is 6.00. The van der Waals surface area contributed by atoms with Crippen molar-refractivity contribution in [3.8, 4) is 0 Å². The van der Waals surface area contributed by atoms with Gasteiger partial charge in [0.05, 0.1) is 0 Å². The molecule has 2 unspecified atom stereocenters. The van der Waals surface area contributed by atoms with Gasteiger partial charge in [0.2, 0.25) is 5.91 Å². The molecule has 2 atom stereocenters. The molecule has 0 saturated heterocycles. The van der Waals surface area contributed by atoms with E-state index in [1.807, 2.05) is 0 Å². The molecule has 0 aliphatic heterocycles. The molecule has 0 aromatic rings. The predicted octanol–water partition coefficient (Wildman–Crippen LogP) is 0.0220. The number of methoxy groups -OCH3 is 1. The summed E-state index contributed by atoms with van der Waals surface area (Å²) >= 11 is 0. The van der Waals surface area contributed by atoms with Crippen LogP contribution < -0.4 is 5.73 Å². The monoisotopic (exact) mass is 183 g/mol. The Kier molecular flexibility index (Phi) is 2.52. The standard InChI is InChI=1S/C9H13NO3/c1-9(13-2,8(10)12)6-3-4-7(11)5-6/h3-4,6H,5H2,1-2H3,(H2,10,12). The number of hydrogen-bond acceptors (Lipinski definition) is 3. The minimum absolute atomic E-state index is 0.00882. The fraction of sp³-hybridized carbons (Fsp3) is 0.556. The molecule has 4 nitrogen and oxygen atoms in total. The van der Waals surface area contributed by atoms with Gasteiger partial charge in [0.15, 0.2) is 5.78 Å². The predicted molar refractivity (Wildman–Crippen MR) is 46.9 cm³/mol. The van der Waals surface area contributed by atoms with E-state index in [0.717, 1.165) is 0 Å². The lowest BCUT2D eigenvalue weighted by Crippen LogP contribution is -2.48. The second kappa shape index (κ2) is 3.30. The van der Waals surface area contributed by atoms with Crippen molar-refractivity contribution in [3.05, 3.63) is 12.2 Å². The maximum absolute atomic E-state index is 11.1. The fourth-order valence-corrected chi connectivity index (χ4v) is 1.39. The van der Waals surface area contributed by atoms with Gasteiger partial charge in [-0.1, -0.05) is 6.08 Å². The van der Waals surface area contributed by atoms with Gasteiger partial charge < -0.3 is 10.5 Å². The number of nitrogens with two attached hydrogens (primary N) is 1. The number of allylic oxidation sites excluding steroid dienone is 1. The zero-order chi connectivity index (χ0) is 10.1. The summed E-state index contributed by atoms with van der Waals surface area (Å²) in [6.07, 6.45) is 3.44. The van der Waals surface area contributed by atoms with E-state index in [4.69, 9.17) is 10.5 Å². The van der Waals surface area contributed by atoms with Gasteiger partial charge in [-0.2, -0.15) is 0 Å². The lowest BCUT2D eigenvalue weighted by molar-refractivity contribution is -0.142. The zero-order valence-corrected chi connectivity index (χ0v) is 7.74. The van der Waals surface area contributed by atoms with Gasteiger partial charge >= 0.3 is 0 Å². The fourth-order valence-electron chi connectivity index (χ4n) is 1.39. The van der Waals surface area contributed by atoms with Crippen LogP contribution in [-0.2, 0) is 14.3 Å². The largest absolute Gasteiger partial charge is 0.368 e. The van der Waals surface area contributed by atoms with Crippen molar-refractivity contribution in [1.82, 2.24) is 0 Å². The molecule has 0 bridgehead atoms. The quantitative estimate of drug-likeness (QED) is 0.670. The van der Waals surface area contributed by atoms with E-state index in [-0.39, 0.29) is 11.7 Å². The van der Waals surface area contributed by atoms with Crippen molar-refractivity contribution in [2.45, 2.75) is 18.9 Å². The number of amides is 1. The normalized spacial score (nSPS) is 26.0. The number of primary amides is 1. The first kappa shape index (κ1) is 9.92. The Morgan fingerprint density at radius 3 is 2.69 bits per heavy atom. The van der Waals surface area contributed by atoms with E-state index < -0.39 is 11.5 Å². The first-order valence-corrected chi connectivity index (χ1v) is 4.07. The number of ether oxygens (including phenoxy) is 1. The molecule has 0 radical (unpaired) electrons.